The molecule has 1 aromatic rings. The van der Waals surface area contributed by atoms with Crippen molar-refractivity contribution in [1.29, 1.82) is 0 Å². The molecule has 0 heterocycles. The Morgan fingerprint density at radius 3 is 2.39 bits per heavy atom. The highest BCUT2D eigenvalue weighted by atomic mass is 16.5. The number of aliphatic hydroxyl groups is 1. The second-order valence-corrected chi connectivity index (χ2v) is 4.51. The van der Waals surface area contributed by atoms with Crippen molar-refractivity contribution in [1.82, 2.24) is 4.90 Å². The molecule has 18 heavy (non-hydrogen) atoms. The van der Waals surface area contributed by atoms with E-state index >= 15 is 0 Å². The summed E-state index contributed by atoms with van der Waals surface area (Å²) in [7, 11) is 1.65. The van der Waals surface area contributed by atoms with Crippen molar-refractivity contribution >= 4 is 0 Å². The van der Waals surface area contributed by atoms with Gasteiger partial charge >= 0.3 is 0 Å². The van der Waals surface area contributed by atoms with E-state index < -0.39 is 0 Å². The highest BCUT2D eigenvalue weighted by molar-refractivity contribution is 5.31. The van der Waals surface area contributed by atoms with Gasteiger partial charge in [-0.15, -0.1) is 0 Å². The third-order valence-electron chi connectivity index (χ3n) is 3.16. The SMILES string of the molecule is COc1ccc(OCCN(CCO)C2CC2)cc1. The molecule has 0 spiro atoms. The number of hydrogen-bond donors (Lipinski definition) is 1. The predicted molar refractivity (Wildman–Crippen MR) is 70.2 cm³/mol. The van der Waals surface area contributed by atoms with Crippen LogP contribution in [0.2, 0.25) is 0 Å². The highest BCUT2D eigenvalue weighted by Crippen LogP contribution is 2.26. The first-order valence-corrected chi connectivity index (χ1v) is 6.45. The molecular formula is C14H21NO3. The fourth-order valence-electron chi connectivity index (χ4n) is 2.00. The van der Waals surface area contributed by atoms with E-state index in [9.17, 15) is 0 Å². The molecular weight excluding hydrogens is 230 g/mol. The van der Waals surface area contributed by atoms with Crippen LogP contribution in [-0.4, -0.2) is 49.5 Å². The Bertz CT molecular complexity index is 349. The third kappa shape index (κ3) is 3.89. The normalized spacial score (nSPS) is 14.8. The summed E-state index contributed by atoms with van der Waals surface area (Å²) in [5, 5.41) is 8.99. The van der Waals surface area contributed by atoms with E-state index in [2.05, 4.69) is 4.90 Å². The van der Waals surface area contributed by atoms with Crippen LogP contribution in [0.4, 0.5) is 0 Å². The van der Waals surface area contributed by atoms with Crippen LogP contribution in [-0.2, 0) is 0 Å². The molecule has 2 rings (SSSR count). The summed E-state index contributed by atoms with van der Waals surface area (Å²) in [5.41, 5.74) is 0. The number of nitrogens with zero attached hydrogens (tertiary/aromatic N) is 1. The lowest BCUT2D eigenvalue weighted by Gasteiger charge is -2.20. The van der Waals surface area contributed by atoms with Gasteiger partial charge in [0.2, 0.25) is 0 Å². The summed E-state index contributed by atoms with van der Waals surface area (Å²) < 4.78 is 10.8. The zero-order valence-corrected chi connectivity index (χ0v) is 10.8. The summed E-state index contributed by atoms with van der Waals surface area (Å²) in [6, 6.07) is 8.26. The average Bonchev–Trinajstić information content (AvgIpc) is 3.23. The highest BCUT2D eigenvalue weighted by Gasteiger charge is 2.28. The zero-order chi connectivity index (χ0) is 12.8. The molecule has 4 heteroatoms. The van der Waals surface area contributed by atoms with Gasteiger partial charge in [-0.25, -0.2) is 0 Å². The molecule has 4 nitrogen and oxygen atoms in total. The molecule has 0 radical (unpaired) electrons. The molecule has 0 aliphatic heterocycles. The van der Waals surface area contributed by atoms with Crippen molar-refractivity contribution in [3.8, 4) is 11.5 Å². The lowest BCUT2D eigenvalue weighted by atomic mass is 10.3. The molecule has 1 aliphatic carbocycles. The van der Waals surface area contributed by atoms with E-state index in [1.54, 1.807) is 7.11 Å². The molecule has 0 aromatic heterocycles. The maximum absolute atomic E-state index is 8.99. The Hall–Kier alpha value is -1.26. The van der Waals surface area contributed by atoms with Crippen molar-refractivity contribution in [2.45, 2.75) is 18.9 Å². The number of benzene rings is 1. The largest absolute Gasteiger partial charge is 0.497 e. The first-order chi connectivity index (χ1) is 8.83. The van der Waals surface area contributed by atoms with Crippen LogP contribution in [0.15, 0.2) is 24.3 Å². The minimum absolute atomic E-state index is 0.221. The van der Waals surface area contributed by atoms with Gasteiger partial charge in [0.05, 0.1) is 13.7 Å². The van der Waals surface area contributed by atoms with E-state index in [0.717, 1.165) is 24.6 Å². The molecule has 1 fully saturated rings. The number of aliphatic hydroxyl groups excluding tert-OH is 1. The van der Waals surface area contributed by atoms with Crippen LogP contribution in [0.5, 0.6) is 11.5 Å². The fourth-order valence-corrected chi connectivity index (χ4v) is 2.00. The van der Waals surface area contributed by atoms with E-state index in [0.29, 0.717) is 12.6 Å². The minimum Gasteiger partial charge on any atom is -0.497 e. The van der Waals surface area contributed by atoms with E-state index in [4.69, 9.17) is 14.6 Å². The fraction of sp³-hybridized carbons (Fsp3) is 0.571. The predicted octanol–water partition coefficient (Wildman–Crippen LogP) is 1.53. The summed E-state index contributed by atoms with van der Waals surface area (Å²) >= 11 is 0. The van der Waals surface area contributed by atoms with Crippen LogP contribution in [0.3, 0.4) is 0 Å². The molecule has 1 aromatic carbocycles. The Morgan fingerprint density at radius 2 is 1.83 bits per heavy atom. The molecule has 0 saturated heterocycles. The molecule has 0 amide bonds. The summed E-state index contributed by atoms with van der Waals surface area (Å²) in [6.45, 7) is 2.50. The number of rotatable bonds is 8. The van der Waals surface area contributed by atoms with Crippen LogP contribution in [0.1, 0.15) is 12.8 Å². The lowest BCUT2D eigenvalue weighted by Crippen LogP contribution is -2.33. The van der Waals surface area contributed by atoms with Gasteiger partial charge < -0.3 is 14.6 Å². The third-order valence-corrected chi connectivity index (χ3v) is 3.16. The maximum atomic E-state index is 8.99. The molecule has 1 N–H and O–H groups in total. The van der Waals surface area contributed by atoms with Crippen molar-refractivity contribution < 1.29 is 14.6 Å². The van der Waals surface area contributed by atoms with Crippen molar-refractivity contribution in [2.75, 3.05) is 33.4 Å². The van der Waals surface area contributed by atoms with Gasteiger partial charge in [-0.2, -0.15) is 0 Å². The zero-order valence-electron chi connectivity index (χ0n) is 10.8. The first-order valence-electron chi connectivity index (χ1n) is 6.45. The van der Waals surface area contributed by atoms with Gasteiger partial charge in [0, 0.05) is 19.1 Å². The van der Waals surface area contributed by atoms with Crippen molar-refractivity contribution in [3.63, 3.8) is 0 Å². The standard InChI is InChI=1S/C14H21NO3/c1-17-13-4-6-14(7-5-13)18-11-9-15(8-10-16)12-2-3-12/h4-7,12,16H,2-3,8-11H2,1H3. The quantitative estimate of drug-likeness (QED) is 0.761. The Morgan fingerprint density at radius 1 is 1.17 bits per heavy atom. The van der Waals surface area contributed by atoms with E-state index in [-0.39, 0.29) is 6.61 Å². The van der Waals surface area contributed by atoms with Crippen LogP contribution >= 0.6 is 0 Å². The Kier molecular flexibility index (Phi) is 4.84. The monoisotopic (exact) mass is 251 g/mol. The molecule has 0 unspecified atom stereocenters. The number of methoxy groups -OCH3 is 1. The van der Waals surface area contributed by atoms with E-state index in [1.807, 2.05) is 24.3 Å². The van der Waals surface area contributed by atoms with Crippen LogP contribution in [0, 0.1) is 0 Å². The second kappa shape index (κ2) is 6.61. The van der Waals surface area contributed by atoms with Gasteiger partial charge in [0.25, 0.3) is 0 Å². The van der Waals surface area contributed by atoms with Gasteiger partial charge in [0.1, 0.15) is 18.1 Å². The Labute approximate surface area is 108 Å². The number of hydrogen-bond acceptors (Lipinski definition) is 4. The number of ether oxygens (including phenoxy) is 2. The molecule has 1 saturated carbocycles. The Balaban J connectivity index is 1.72. The van der Waals surface area contributed by atoms with Gasteiger partial charge in [0.15, 0.2) is 0 Å². The molecule has 1 aliphatic rings. The van der Waals surface area contributed by atoms with Gasteiger partial charge in [-0.3, -0.25) is 4.90 Å². The molecule has 0 bridgehead atoms. The van der Waals surface area contributed by atoms with Crippen LogP contribution < -0.4 is 9.47 Å². The van der Waals surface area contributed by atoms with Crippen molar-refractivity contribution in [3.05, 3.63) is 24.3 Å². The van der Waals surface area contributed by atoms with Crippen LogP contribution in [0.25, 0.3) is 0 Å². The van der Waals surface area contributed by atoms with E-state index in [1.165, 1.54) is 12.8 Å². The second-order valence-electron chi connectivity index (χ2n) is 4.51. The minimum atomic E-state index is 0.221. The summed E-state index contributed by atoms with van der Waals surface area (Å²) in [5.74, 6) is 1.69. The van der Waals surface area contributed by atoms with Gasteiger partial charge in [-0.05, 0) is 37.1 Å². The maximum Gasteiger partial charge on any atom is 0.119 e. The van der Waals surface area contributed by atoms with Crippen molar-refractivity contribution in [2.24, 2.45) is 0 Å². The summed E-state index contributed by atoms with van der Waals surface area (Å²) in [6.07, 6.45) is 2.51. The molecule has 0 atom stereocenters. The van der Waals surface area contributed by atoms with Gasteiger partial charge in [-0.1, -0.05) is 0 Å². The average molecular weight is 251 g/mol. The smallest absolute Gasteiger partial charge is 0.119 e. The topological polar surface area (TPSA) is 41.9 Å². The first kappa shape index (κ1) is 13.2. The summed E-state index contributed by atoms with van der Waals surface area (Å²) in [4.78, 5) is 2.30. The lowest BCUT2D eigenvalue weighted by molar-refractivity contribution is 0.162. The molecule has 100 valence electrons.